The van der Waals surface area contributed by atoms with Crippen molar-refractivity contribution in [3.8, 4) is 0 Å². The Hall–Kier alpha value is 0.137. The second-order valence-electron chi connectivity index (χ2n) is 3.40. The quantitative estimate of drug-likeness (QED) is 0.618. The van der Waals surface area contributed by atoms with E-state index in [0.717, 1.165) is 12.8 Å². The zero-order valence-corrected chi connectivity index (χ0v) is 9.52. The minimum absolute atomic E-state index is 0.0846. The van der Waals surface area contributed by atoms with E-state index >= 15 is 0 Å². The molecular formula is C9H21NOSi. The molecule has 2 nitrogen and oxygen atoms in total. The SMILES string of the molecule is CCCC(C)(CCC)O[Si]CN. The van der Waals surface area contributed by atoms with E-state index in [-0.39, 0.29) is 5.60 Å². The Kier molecular flexibility index (Phi) is 6.71. The summed E-state index contributed by atoms with van der Waals surface area (Å²) in [5, 5.41) is 0. The Balaban J connectivity index is 3.80. The molecule has 72 valence electrons. The van der Waals surface area contributed by atoms with Crippen molar-refractivity contribution in [3.63, 3.8) is 0 Å². The van der Waals surface area contributed by atoms with Crippen molar-refractivity contribution in [2.24, 2.45) is 5.73 Å². The van der Waals surface area contributed by atoms with Gasteiger partial charge in [0.1, 0.15) is 0 Å². The standard InChI is InChI=1S/C9H21NOSi/c1-4-6-9(3,7-5-2)11-12-8-10/h4-8,10H2,1-3H3. The van der Waals surface area contributed by atoms with Crippen LogP contribution >= 0.6 is 0 Å². The fourth-order valence-electron chi connectivity index (χ4n) is 1.50. The third kappa shape index (κ3) is 4.90. The van der Waals surface area contributed by atoms with Crippen LogP contribution in [0.3, 0.4) is 0 Å². The van der Waals surface area contributed by atoms with Gasteiger partial charge in [0, 0.05) is 6.17 Å². The van der Waals surface area contributed by atoms with Crippen molar-refractivity contribution in [2.75, 3.05) is 6.17 Å². The highest BCUT2D eigenvalue weighted by molar-refractivity contribution is 6.27. The van der Waals surface area contributed by atoms with Gasteiger partial charge in [0.15, 0.2) is 0 Å². The molecule has 0 heterocycles. The first-order valence-corrected chi connectivity index (χ1v) is 5.91. The summed E-state index contributed by atoms with van der Waals surface area (Å²) in [6.07, 6.45) is 5.32. The maximum Gasteiger partial charge on any atom is 0.245 e. The van der Waals surface area contributed by atoms with E-state index < -0.39 is 0 Å². The highest BCUT2D eigenvalue weighted by Gasteiger charge is 2.21. The summed E-state index contributed by atoms with van der Waals surface area (Å²) in [5.41, 5.74) is 5.50. The molecule has 0 unspecified atom stereocenters. The molecule has 0 rings (SSSR count). The van der Waals surface area contributed by atoms with E-state index in [9.17, 15) is 0 Å². The number of nitrogens with two attached hydrogens (primary N) is 1. The van der Waals surface area contributed by atoms with Gasteiger partial charge in [-0.15, -0.1) is 0 Å². The Morgan fingerprint density at radius 1 is 1.25 bits per heavy atom. The summed E-state index contributed by atoms with van der Waals surface area (Å²) >= 11 is 0. The summed E-state index contributed by atoms with van der Waals surface area (Å²) in [7, 11) is 0.464. The molecule has 2 N–H and O–H groups in total. The summed E-state index contributed by atoms with van der Waals surface area (Å²) in [5.74, 6) is 0. The van der Waals surface area contributed by atoms with Gasteiger partial charge in [-0.25, -0.2) is 0 Å². The Bertz CT molecular complexity index is 103. The lowest BCUT2D eigenvalue weighted by atomic mass is 9.95. The van der Waals surface area contributed by atoms with Crippen LogP contribution < -0.4 is 5.73 Å². The maximum atomic E-state index is 5.76. The van der Waals surface area contributed by atoms with Crippen LogP contribution in [0, 0.1) is 0 Å². The van der Waals surface area contributed by atoms with Gasteiger partial charge in [-0.2, -0.15) is 0 Å². The molecule has 0 fully saturated rings. The van der Waals surface area contributed by atoms with E-state index in [1.54, 1.807) is 0 Å². The smallest absolute Gasteiger partial charge is 0.245 e. The van der Waals surface area contributed by atoms with E-state index in [1.165, 1.54) is 12.8 Å². The van der Waals surface area contributed by atoms with Crippen LogP contribution in [0.2, 0.25) is 0 Å². The molecule has 12 heavy (non-hydrogen) atoms. The van der Waals surface area contributed by atoms with Gasteiger partial charge in [-0.1, -0.05) is 26.7 Å². The number of hydrogen-bond donors (Lipinski definition) is 1. The van der Waals surface area contributed by atoms with Crippen LogP contribution in [-0.4, -0.2) is 21.5 Å². The van der Waals surface area contributed by atoms with E-state index in [2.05, 4.69) is 20.8 Å². The molecule has 0 aromatic carbocycles. The fourth-order valence-corrected chi connectivity index (χ4v) is 2.14. The Morgan fingerprint density at radius 2 is 1.75 bits per heavy atom. The predicted octanol–water partition coefficient (Wildman–Crippen LogP) is 1.90. The minimum atomic E-state index is 0.0846. The first-order chi connectivity index (χ1) is 5.68. The molecular weight excluding hydrogens is 166 g/mol. The molecule has 0 aliphatic carbocycles. The molecule has 3 heteroatoms. The third-order valence-electron chi connectivity index (χ3n) is 1.96. The first-order valence-electron chi connectivity index (χ1n) is 4.79. The highest BCUT2D eigenvalue weighted by Crippen LogP contribution is 2.22. The Labute approximate surface area is 78.8 Å². The van der Waals surface area contributed by atoms with Gasteiger partial charge in [0.2, 0.25) is 9.76 Å². The molecule has 0 saturated heterocycles. The van der Waals surface area contributed by atoms with Gasteiger partial charge < -0.3 is 10.2 Å². The first kappa shape index (κ1) is 12.1. The van der Waals surface area contributed by atoms with Crippen molar-refractivity contribution in [2.45, 2.75) is 52.1 Å². The molecule has 0 spiro atoms. The molecule has 2 radical (unpaired) electrons. The number of hydrogen-bond acceptors (Lipinski definition) is 2. The van der Waals surface area contributed by atoms with Gasteiger partial charge in [-0.05, 0) is 19.8 Å². The summed E-state index contributed by atoms with van der Waals surface area (Å²) < 4.78 is 5.76. The molecule has 0 aromatic rings. The average molecular weight is 187 g/mol. The van der Waals surface area contributed by atoms with Crippen molar-refractivity contribution in [3.05, 3.63) is 0 Å². The predicted molar refractivity (Wildman–Crippen MR) is 54.1 cm³/mol. The van der Waals surface area contributed by atoms with Crippen LogP contribution in [-0.2, 0) is 4.43 Å². The van der Waals surface area contributed by atoms with E-state index in [4.69, 9.17) is 10.2 Å². The molecule has 0 atom stereocenters. The monoisotopic (exact) mass is 187 g/mol. The van der Waals surface area contributed by atoms with Crippen LogP contribution in [0.5, 0.6) is 0 Å². The van der Waals surface area contributed by atoms with Crippen molar-refractivity contribution in [1.29, 1.82) is 0 Å². The van der Waals surface area contributed by atoms with Crippen LogP contribution in [0.15, 0.2) is 0 Å². The maximum absolute atomic E-state index is 5.76. The molecule has 0 aromatic heterocycles. The molecule has 0 aliphatic rings. The van der Waals surface area contributed by atoms with Crippen LogP contribution in [0.25, 0.3) is 0 Å². The molecule has 0 aliphatic heterocycles. The lowest BCUT2D eigenvalue weighted by Gasteiger charge is -2.29. The third-order valence-corrected chi connectivity index (χ3v) is 2.76. The van der Waals surface area contributed by atoms with Gasteiger partial charge >= 0.3 is 0 Å². The van der Waals surface area contributed by atoms with Crippen molar-refractivity contribution in [1.82, 2.24) is 0 Å². The summed E-state index contributed by atoms with van der Waals surface area (Å²) in [4.78, 5) is 0. The zero-order chi connectivity index (χ0) is 9.45. The largest absolute Gasteiger partial charge is 0.411 e. The topological polar surface area (TPSA) is 35.2 Å². The molecule has 0 amide bonds. The average Bonchev–Trinajstić information content (AvgIpc) is 2.02. The summed E-state index contributed by atoms with van der Waals surface area (Å²) in [6.45, 7) is 6.59. The second kappa shape index (κ2) is 6.63. The van der Waals surface area contributed by atoms with Crippen molar-refractivity contribution >= 4 is 9.76 Å². The second-order valence-corrected chi connectivity index (χ2v) is 4.30. The number of rotatable bonds is 7. The van der Waals surface area contributed by atoms with E-state index in [1.807, 2.05) is 0 Å². The fraction of sp³-hybridized carbons (Fsp3) is 1.00. The van der Waals surface area contributed by atoms with Crippen LogP contribution in [0.4, 0.5) is 0 Å². The molecule has 0 saturated carbocycles. The lowest BCUT2D eigenvalue weighted by Crippen LogP contribution is -2.32. The Morgan fingerprint density at radius 3 is 2.08 bits per heavy atom. The highest BCUT2D eigenvalue weighted by atomic mass is 28.2. The summed E-state index contributed by atoms with van der Waals surface area (Å²) in [6, 6.07) is 0. The van der Waals surface area contributed by atoms with Crippen molar-refractivity contribution < 1.29 is 4.43 Å². The van der Waals surface area contributed by atoms with Gasteiger partial charge in [-0.3, -0.25) is 0 Å². The minimum Gasteiger partial charge on any atom is -0.411 e. The van der Waals surface area contributed by atoms with E-state index in [0.29, 0.717) is 15.9 Å². The lowest BCUT2D eigenvalue weighted by molar-refractivity contribution is 0.0727. The van der Waals surface area contributed by atoms with Gasteiger partial charge in [0.05, 0.1) is 5.60 Å². The van der Waals surface area contributed by atoms with Gasteiger partial charge in [0.25, 0.3) is 0 Å². The van der Waals surface area contributed by atoms with Crippen LogP contribution in [0.1, 0.15) is 46.5 Å². The molecule has 0 bridgehead atoms. The zero-order valence-electron chi connectivity index (χ0n) is 8.52. The normalized spacial score (nSPS) is 12.0.